The summed E-state index contributed by atoms with van der Waals surface area (Å²) in [6.45, 7) is 0.437. The summed E-state index contributed by atoms with van der Waals surface area (Å²) in [4.78, 5) is 12.7. The number of carbonyl (C=O) groups is 1. The normalized spacial score (nSPS) is 17.5. The Kier molecular flexibility index (Phi) is 4.23. The van der Waals surface area contributed by atoms with Crippen molar-refractivity contribution in [3.8, 4) is 17.6 Å². The second-order valence-corrected chi connectivity index (χ2v) is 8.51. The van der Waals surface area contributed by atoms with E-state index < -0.39 is 27.2 Å². The molecule has 4 rings (SSSR count). The van der Waals surface area contributed by atoms with Crippen molar-refractivity contribution in [2.45, 2.75) is 17.1 Å². The SMILES string of the molecule is CS(=O)(=O)c1ccc(Oc2cc(F)cc(C#N)c2)c2c1C1(CC2=O)OCCO1. The van der Waals surface area contributed by atoms with Gasteiger partial charge in [-0.05, 0) is 24.3 Å². The van der Waals surface area contributed by atoms with E-state index in [-0.39, 0.29) is 52.7 Å². The Labute approximate surface area is 160 Å². The number of fused-ring (bicyclic) bond motifs is 2. The average Bonchev–Trinajstić information content (AvgIpc) is 3.19. The number of ether oxygens (including phenoxy) is 3. The van der Waals surface area contributed by atoms with Gasteiger partial charge >= 0.3 is 0 Å². The molecule has 1 fully saturated rings. The molecule has 28 heavy (non-hydrogen) atoms. The Morgan fingerprint density at radius 3 is 2.57 bits per heavy atom. The maximum Gasteiger partial charge on any atom is 0.204 e. The van der Waals surface area contributed by atoms with E-state index in [4.69, 9.17) is 19.5 Å². The molecule has 7 nitrogen and oxygen atoms in total. The molecule has 2 aliphatic rings. The number of hydrogen-bond donors (Lipinski definition) is 0. The highest BCUT2D eigenvalue weighted by atomic mass is 32.2. The number of Topliss-reactive ketones (excluding diaryl/α,β-unsaturated/α-hetero) is 1. The number of benzene rings is 2. The maximum atomic E-state index is 13.7. The lowest BCUT2D eigenvalue weighted by Crippen LogP contribution is -2.26. The van der Waals surface area contributed by atoms with Crippen LogP contribution in [0.2, 0.25) is 0 Å². The van der Waals surface area contributed by atoms with Gasteiger partial charge in [0, 0.05) is 17.9 Å². The summed E-state index contributed by atoms with van der Waals surface area (Å²) in [6, 6.07) is 7.88. The fraction of sp³-hybridized carbons (Fsp3) is 0.263. The summed E-state index contributed by atoms with van der Waals surface area (Å²) in [7, 11) is -3.69. The molecule has 0 aromatic heterocycles. The number of halogens is 1. The minimum atomic E-state index is -3.69. The standard InChI is InChI=1S/C19H14FNO6S/c1-28(23,24)16-3-2-15(27-13-7-11(10-21)6-12(20)8-13)17-14(22)9-19(18(16)17)25-4-5-26-19/h2-3,6-8H,4-5,9H2,1H3. The largest absolute Gasteiger partial charge is 0.456 e. The van der Waals surface area contributed by atoms with Gasteiger partial charge in [0.15, 0.2) is 15.6 Å². The van der Waals surface area contributed by atoms with Crippen LogP contribution in [-0.2, 0) is 25.1 Å². The van der Waals surface area contributed by atoms with Crippen molar-refractivity contribution in [1.29, 1.82) is 5.26 Å². The zero-order chi connectivity index (χ0) is 20.1. The Balaban J connectivity index is 1.90. The molecule has 0 bridgehead atoms. The fourth-order valence-corrected chi connectivity index (χ4v) is 4.46. The van der Waals surface area contributed by atoms with Crippen LogP contribution < -0.4 is 4.74 Å². The second-order valence-electron chi connectivity index (χ2n) is 6.52. The molecule has 0 amide bonds. The first-order chi connectivity index (χ1) is 13.2. The van der Waals surface area contributed by atoms with Crippen LogP contribution in [0.3, 0.4) is 0 Å². The molecule has 2 aromatic rings. The van der Waals surface area contributed by atoms with Gasteiger partial charge < -0.3 is 14.2 Å². The molecule has 1 heterocycles. The molecule has 144 valence electrons. The first-order valence-electron chi connectivity index (χ1n) is 8.31. The summed E-state index contributed by atoms with van der Waals surface area (Å²) in [5.74, 6) is -2.51. The van der Waals surface area contributed by atoms with E-state index in [9.17, 15) is 17.6 Å². The molecule has 2 aromatic carbocycles. The molecule has 0 N–H and O–H groups in total. The summed E-state index contributed by atoms with van der Waals surface area (Å²) < 4.78 is 55.2. The highest BCUT2D eigenvalue weighted by Crippen LogP contribution is 2.49. The molecule has 1 spiro atoms. The predicted molar refractivity (Wildman–Crippen MR) is 93.3 cm³/mol. The Bertz CT molecular complexity index is 1150. The Hall–Kier alpha value is -2.80. The van der Waals surface area contributed by atoms with Crippen LogP contribution >= 0.6 is 0 Å². The number of rotatable bonds is 3. The molecule has 0 radical (unpaired) electrons. The van der Waals surface area contributed by atoms with Gasteiger partial charge in [-0.3, -0.25) is 4.79 Å². The first-order valence-corrected chi connectivity index (χ1v) is 10.2. The Morgan fingerprint density at radius 2 is 1.93 bits per heavy atom. The van der Waals surface area contributed by atoms with Gasteiger partial charge in [-0.1, -0.05) is 0 Å². The summed E-state index contributed by atoms with van der Waals surface area (Å²) in [6.07, 6.45) is 0.845. The summed E-state index contributed by atoms with van der Waals surface area (Å²) in [5.41, 5.74) is 0.171. The third kappa shape index (κ3) is 2.96. The van der Waals surface area contributed by atoms with Crippen molar-refractivity contribution in [1.82, 2.24) is 0 Å². The van der Waals surface area contributed by atoms with Crippen molar-refractivity contribution in [2.75, 3.05) is 19.5 Å². The minimum Gasteiger partial charge on any atom is -0.456 e. The molecule has 0 atom stereocenters. The second kappa shape index (κ2) is 6.38. The van der Waals surface area contributed by atoms with E-state index in [1.807, 2.05) is 6.07 Å². The zero-order valence-electron chi connectivity index (χ0n) is 14.7. The number of sulfone groups is 1. The number of hydrogen-bond acceptors (Lipinski definition) is 7. The first kappa shape index (κ1) is 18.6. The Morgan fingerprint density at radius 1 is 1.21 bits per heavy atom. The van der Waals surface area contributed by atoms with Gasteiger partial charge in [0.05, 0.1) is 41.7 Å². The van der Waals surface area contributed by atoms with E-state index in [0.29, 0.717) is 0 Å². The predicted octanol–water partition coefficient (Wildman–Crippen LogP) is 2.68. The van der Waals surface area contributed by atoms with Crippen LogP contribution in [0.4, 0.5) is 4.39 Å². The highest BCUT2D eigenvalue weighted by molar-refractivity contribution is 7.90. The number of nitrogens with zero attached hydrogens (tertiary/aromatic N) is 1. The van der Waals surface area contributed by atoms with E-state index in [1.54, 1.807) is 0 Å². The van der Waals surface area contributed by atoms with Crippen LogP contribution in [0.1, 0.15) is 27.9 Å². The average molecular weight is 403 g/mol. The van der Waals surface area contributed by atoms with Crippen molar-refractivity contribution in [2.24, 2.45) is 0 Å². The van der Waals surface area contributed by atoms with Crippen molar-refractivity contribution < 1.29 is 31.8 Å². The van der Waals surface area contributed by atoms with Crippen LogP contribution in [0.25, 0.3) is 0 Å². The highest BCUT2D eigenvalue weighted by Gasteiger charge is 2.52. The summed E-state index contributed by atoms with van der Waals surface area (Å²) >= 11 is 0. The van der Waals surface area contributed by atoms with Gasteiger partial charge in [-0.2, -0.15) is 5.26 Å². The van der Waals surface area contributed by atoms with Crippen molar-refractivity contribution >= 4 is 15.6 Å². The van der Waals surface area contributed by atoms with Gasteiger partial charge in [0.25, 0.3) is 0 Å². The number of nitriles is 1. The summed E-state index contributed by atoms with van der Waals surface area (Å²) in [5, 5.41) is 8.99. The van der Waals surface area contributed by atoms with Crippen LogP contribution in [0.15, 0.2) is 35.2 Å². The lowest BCUT2D eigenvalue weighted by molar-refractivity contribution is -0.159. The van der Waals surface area contributed by atoms with Crippen LogP contribution in [0.5, 0.6) is 11.5 Å². The van der Waals surface area contributed by atoms with Crippen LogP contribution in [0, 0.1) is 17.1 Å². The van der Waals surface area contributed by atoms with E-state index >= 15 is 0 Å². The topological polar surface area (TPSA) is 103 Å². The fourth-order valence-electron chi connectivity index (χ4n) is 3.52. The minimum absolute atomic E-state index is 0.00728. The van der Waals surface area contributed by atoms with Crippen LogP contribution in [-0.4, -0.2) is 33.7 Å². The molecule has 1 saturated heterocycles. The smallest absolute Gasteiger partial charge is 0.204 e. The monoisotopic (exact) mass is 403 g/mol. The van der Waals surface area contributed by atoms with E-state index in [1.165, 1.54) is 18.2 Å². The van der Waals surface area contributed by atoms with Crippen molar-refractivity contribution in [3.05, 3.63) is 52.8 Å². The number of ketones is 1. The molecule has 1 aliphatic carbocycles. The van der Waals surface area contributed by atoms with Crippen molar-refractivity contribution in [3.63, 3.8) is 0 Å². The van der Waals surface area contributed by atoms with E-state index in [2.05, 4.69) is 0 Å². The van der Waals surface area contributed by atoms with Gasteiger partial charge in [-0.25, -0.2) is 12.8 Å². The van der Waals surface area contributed by atoms with Gasteiger partial charge in [0.1, 0.15) is 17.3 Å². The lowest BCUT2D eigenvalue weighted by Gasteiger charge is -2.24. The van der Waals surface area contributed by atoms with E-state index in [0.717, 1.165) is 18.4 Å². The van der Waals surface area contributed by atoms with Gasteiger partial charge in [0.2, 0.25) is 5.79 Å². The zero-order valence-corrected chi connectivity index (χ0v) is 15.5. The molecule has 1 aliphatic heterocycles. The third-order valence-corrected chi connectivity index (χ3v) is 5.70. The molecule has 9 heteroatoms. The number of carbonyl (C=O) groups excluding carboxylic acids is 1. The lowest BCUT2D eigenvalue weighted by atomic mass is 10.1. The quantitative estimate of drug-likeness (QED) is 0.776. The molecule has 0 saturated carbocycles. The third-order valence-electron chi connectivity index (χ3n) is 4.56. The van der Waals surface area contributed by atoms with Gasteiger partial charge in [-0.15, -0.1) is 0 Å². The molecular formula is C19H14FNO6S. The maximum absolute atomic E-state index is 13.7. The molecule has 0 unspecified atom stereocenters. The molecular weight excluding hydrogens is 389 g/mol.